The van der Waals surface area contributed by atoms with E-state index in [4.69, 9.17) is 27.7 Å². The summed E-state index contributed by atoms with van der Waals surface area (Å²) in [5, 5.41) is 8.24. The van der Waals surface area contributed by atoms with Gasteiger partial charge in [0.1, 0.15) is 0 Å². The number of hydrogen-bond acceptors (Lipinski definition) is 5. The van der Waals surface area contributed by atoms with Crippen molar-refractivity contribution in [2.45, 2.75) is 51.5 Å². The van der Waals surface area contributed by atoms with Gasteiger partial charge in [0.25, 0.3) is 0 Å². The lowest BCUT2D eigenvalue weighted by Gasteiger charge is -2.30. The topological polar surface area (TPSA) is 71.3 Å². The van der Waals surface area contributed by atoms with E-state index in [1.54, 1.807) is 18.2 Å². The van der Waals surface area contributed by atoms with E-state index in [1.807, 2.05) is 0 Å². The monoisotopic (exact) mass is 462 g/mol. The molecule has 4 rings (SSSR count). The van der Waals surface area contributed by atoms with E-state index >= 15 is 0 Å². The second-order valence-electron chi connectivity index (χ2n) is 8.34. The van der Waals surface area contributed by atoms with Crippen LogP contribution >= 0.6 is 23.2 Å². The van der Waals surface area contributed by atoms with E-state index in [2.05, 4.69) is 26.4 Å². The normalized spacial score (nSPS) is 18.1. The number of allylic oxidation sites excluding steroid dienone is 1. The van der Waals surface area contributed by atoms with Crippen molar-refractivity contribution in [2.75, 3.05) is 19.6 Å². The van der Waals surface area contributed by atoms with E-state index in [-0.39, 0.29) is 11.8 Å². The molecule has 1 aliphatic carbocycles. The SMILES string of the molecule is O=C(NCCC1=CCCCC1)C1CCN(Cc2nc(-c3ccc(Cl)cc3Cl)no2)CC1. The Morgan fingerprint density at radius 3 is 2.81 bits per heavy atom. The number of carbonyl (C=O) groups is 1. The number of hydrogen-bond donors (Lipinski definition) is 1. The summed E-state index contributed by atoms with van der Waals surface area (Å²) in [5.41, 5.74) is 2.20. The minimum Gasteiger partial charge on any atom is -0.356 e. The Bertz CT molecular complexity index is 935. The first-order valence-electron chi connectivity index (χ1n) is 11.0. The van der Waals surface area contributed by atoms with Gasteiger partial charge in [0.15, 0.2) is 0 Å². The van der Waals surface area contributed by atoms with E-state index < -0.39 is 0 Å². The standard InChI is InChI=1S/C23H28Cl2N4O2/c24-18-6-7-19(20(25)14-18)22-27-21(31-28-22)15-29-12-9-17(10-13-29)23(30)26-11-8-16-4-2-1-3-5-16/h4,6-7,14,17H,1-3,5,8-13,15H2,(H,26,30). The summed E-state index contributed by atoms with van der Waals surface area (Å²) in [4.78, 5) is 19.2. The molecule has 1 amide bonds. The summed E-state index contributed by atoms with van der Waals surface area (Å²) < 4.78 is 5.41. The van der Waals surface area contributed by atoms with Crippen LogP contribution in [0.4, 0.5) is 0 Å². The first-order chi connectivity index (χ1) is 15.1. The number of rotatable bonds is 7. The number of piperidine rings is 1. The lowest BCUT2D eigenvalue weighted by Crippen LogP contribution is -2.40. The highest BCUT2D eigenvalue weighted by Crippen LogP contribution is 2.29. The maximum atomic E-state index is 12.5. The molecular weight excluding hydrogens is 435 g/mol. The van der Waals surface area contributed by atoms with Crippen LogP contribution in [0.3, 0.4) is 0 Å². The second kappa shape index (κ2) is 10.6. The zero-order valence-electron chi connectivity index (χ0n) is 17.6. The number of carbonyl (C=O) groups excluding carboxylic acids is 1. The average molecular weight is 463 g/mol. The molecule has 0 unspecified atom stereocenters. The number of halogens is 2. The maximum absolute atomic E-state index is 12.5. The second-order valence-corrected chi connectivity index (χ2v) is 9.18. The molecule has 31 heavy (non-hydrogen) atoms. The van der Waals surface area contributed by atoms with E-state index in [0.717, 1.165) is 38.9 Å². The predicted octanol–water partition coefficient (Wildman–Crippen LogP) is 5.26. The minimum atomic E-state index is 0.0858. The fourth-order valence-corrected chi connectivity index (χ4v) is 4.76. The van der Waals surface area contributed by atoms with Gasteiger partial charge in [-0.05, 0) is 76.2 Å². The van der Waals surface area contributed by atoms with Gasteiger partial charge in [0.2, 0.25) is 17.6 Å². The molecule has 2 aromatic rings. The largest absolute Gasteiger partial charge is 0.356 e. The van der Waals surface area contributed by atoms with Crippen molar-refractivity contribution < 1.29 is 9.32 Å². The van der Waals surface area contributed by atoms with Crippen LogP contribution in [0.5, 0.6) is 0 Å². The number of likely N-dealkylation sites (tertiary alicyclic amines) is 1. The number of nitrogens with zero attached hydrogens (tertiary/aromatic N) is 3. The molecule has 0 spiro atoms. The number of nitrogens with one attached hydrogen (secondary N) is 1. The van der Waals surface area contributed by atoms with Crippen LogP contribution in [-0.2, 0) is 11.3 Å². The van der Waals surface area contributed by atoms with Gasteiger partial charge in [0, 0.05) is 23.0 Å². The molecule has 1 fully saturated rings. The molecule has 1 N–H and O–H groups in total. The third-order valence-electron chi connectivity index (χ3n) is 6.09. The van der Waals surface area contributed by atoms with Gasteiger partial charge < -0.3 is 9.84 Å². The summed E-state index contributed by atoms with van der Waals surface area (Å²) in [7, 11) is 0. The van der Waals surface area contributed by atoms with Crippen LogP contribution in [0.25, 0.3) is 11.4 Å². The van der Waals surface area contributed by atoms with Gasteiger partial charge in [-0.2, -0.15) is 4.98 Å². The average Bonchev–Trinajstić information content (AvgIpc) is 3.23. The Morgan fingerprint density at radius 2 is 2.06 bits per heavy atom. The van der Waals surface area contributed by atoms with Crippen molar-refractivity contribution in [1.82, 2.24) is 20.4 Å². The van der Waals surface area contributed by atoms with Crippen LogP contribution < -0.4 is 5.32 Å². The molecule has 2 heterocycles. The number of amides is 1. The molecule has 6 nitrogen and oxygen atoms in total. The van der Waals surface area contributed by atoms with Crippen LogP contribution in [0.1, 0.15) is 50.8 Å². The number of aromatic nitrogens is 2. The van der Waals surface area contributed by atoms with Crippen LogP contribution in [0.2, 0.25) is 10.0 Å². The van der Waals surface area contributed by atoms with Crippen LogP contribution in [-0.4, -0.2) is 40.6 Å². The smallest absolute Gasteiger partial charge is 0.241 e. The fourth-order valence-electron chi connectivity index (χ4n) is 4.27. The highest BCUT2D eigenvalue weighted by molar-refractivity contribution is 6.36. The maximum Gasteiger partial charge on any atom is 0.241 e. The first kappa shape index (κ1) is 22.3. The van der Waals surface area contributed by atoms with E-state index in [0.29, 0.717) is 33.9 Å². The number of benzene rings is 1. The molecule has 1 aromatic carbocycles. The molecule has 0 radical (unpaired) electrons. The van der Waals surface area contributed by atoms with Crippen molar-refractivity contribution in [1.29, 1.82) is 0 Å². The Hall–Kier alpha value is -1.89. The molecule has 0 saturated carbocycles. The van der Waals surface area contributed by atoms with Crippen molar-refractivity contribution in [3.05, 3.63) is 45.8 Å². The Balaban J connectivity index is 1.22. The summed E-state index contributed by atoms with van der Waals surface area (Å²) >= 11 is 12.2. The van der Waals surface area contributed by atoms with Crippen molar-refractivity contribution >= 4 is 29.1 Å². The Kier molecular flexibility index (Phi) is 7.64. The predicted molar refractivity (Wildman–Crippen MR) is 122 cm³/mol. The molecule has 2 aliphatic rings. The highest BCUT2D eigenvalue weighted by Gasteiger charge is 2.26. The lowest BCUT2D eigenvalue weighted by atomic mass is 9.95. The molecule has 8 heteroatoms. The zero-order valence-corrected chi connectivity index (χ0v) is 19.1. The van der Waals surface area contributed by atoms with E-state index in [1.165, 1.54) is 31.3 Å². The summed E-state index contributed by atoms with van der Waals surface area (Å²) in [6, 6.07) is 5.20. The van der Waals surface area contributed by atoms with Gasteiger partial charge in [-0.15, -0.1) is 0 Å². The fraction of sp³-hybridized carbons (Fsp3) is 0.522. The Morgan fingerprint density at radius 1 is 1.23 bits per heavy atom. The van der Waals surface area contributed by atoms with E-state index in [9.17, 15) is 4.79 Å². The van der Waals surface area contributed by atoms with Crippen molar-refractivity contribution in [3.63, 3.8) is 0 Å². The first-order valence-corrected chi connectivity index (χ1v) is 11.8. The third kappa shape index (κ3) is 6.09. The molecule has 0 bridgehead atoms. The summed E-state index contributed by atoms with van der Waals surface area (Å²) in [5.74, 6) is 1.28. The molecule has 1 saturated heterocycles. The van der Waals surface area contributed by atoms with Gasteiger partial charge in [-0.1, -0.05) is 40.0 Å². The highest BCUT2D eigenvalue weighted by atomic mass is 35.5. The molecule has 1 aromatic heterocycles. The van der Waals surface area contributed by atoms with Gasteiger partial charge in [-0.3, -0.25) is 9.69 Å². The quantitative estimate of drug-likeness (QED) is 0.567. The van der Waals surface area contributed by atoms with Crippen LogP contribution in [0.15, 0.2) is 34.4 Å². The van der Waals surface area contributed by atoms with Crippen molar-refractivity contribution in [3.8, 4) is 11.4 Å². The molecule has 1 aliphatic heterocycles. The van der Waals surface area contributed by atoms with Crippen molar-refractivity contribution in [2.24, 2.45) is 5.92 Å². The third-order valence-corrected chi connectivity index (χ3v) is 6.64. The summed E-state index contributed by atoms with van der Waals surface area (Å²) in [6.45, 7) is 2.99. The molecular formula is C23H28Cl2N4O2. The lowest BCUT2D eigenvalue weighted by molar-refractivity contribution is -0.126. The zero-order chi connectivity index (χ0) is 21.6. The van der Waals surface area contributed by atoms with Gasteiger partial charge >= 0.3 is 0 Å². The van der Waals surface area contributed by atoms with Crippen LogP contribution in [0, 0.1) is 5.92 Å². The van der Waals surface area contributed by atoms with Gasteiger partial charge in [0.05, 0.1) is 11.6 Å². The minimum absolute atomic E-state index is 0.0858. The van der Waals surface area contributed by atoms with Gasteiger partial charge in [-0.25, -0.2) is 0 Å². The molecule has 166 valence electrons. The summed E-state index contributed by atoms with van der Waals surface area (Å²) in [6.07, 6.45) is 9.99. The molecule has 0 atom stereocenters. The Labute approximate surface area is 193 Å².